The molecule has 2 unspecified atom stereocenters. The van der Waals surface area contributed by atoms with E-state index >= 15 is 0 Å². The summed E-state index contributed by atoms with van der Waals surface area (Å²) in [5.74, 6) is 0. The first kappa shape index (κ1) is 40.7. The van der Waals surface area contributed by atoms with Crippen molar-refractivity contribution in [2.24, 2.45) is 0 Å². The van der Waals surface area contributed by atoms with Crippen LogP contribution in [-0.4, -0.2) is 12.3 Å². The maximum Gasteiger partial charge on any atom is 0.252 e. The maximum atomic E-state index is 2.88. The van der Waals surface area contributed by atoms with E-state index in [-0.39, 0.29) is 23.1 Å². The monoisotopic (exact) mass is 855 g/mol. The van der Waals surface area contributed by atoms with E-state index < -0.39 is 0 Å². The summed E-state index contributed by atoms with van der Waals surface area (Å²) in [4.78, 5) is 7.99. The van der Waals surface area contributed by atoms with Gasteiger partial charge in [0.2, 0.25) is 0 Å². The van der Waals surface area contributed by atoms with Gasteiger partial charge >= 0.3 is 0 Å². The Hall–Kier alpha value is -6.78. The Kier molecular flexibility index (Phi) is 9.17. The van der Waals surface area contributed by atoms with Gasteiger partial charge in [-0.05, 0) is 155 Å². The Morgan fingerprint density at radius 1 is 0.515 bits per heavy atom. The average molecular weight is 856 g/mol. The summed E-state index contributed by atoms with van der Waals surface area (Å²) < 4.78 is 0. The van der Waals surface area contributed by atoms with Crippen LogP contribution < -0.4 is 31.1 Å². The average Bonchev–Trinajstić information content (AvgIpc) is 3.54. The molecule has 0 N–H and O–H groups in total. The molecule has 1 saturated carbocycles. The molecular formula is C62H58BN3. The minimum absolute atomic E-state index is 0.0218. The number of nitrogens with zero attached hydrogens (tertiary/aromatic N) is 3. The van der Waals surface area contributed by atoms with E-state index in [9.17, 15) is 0 Å². The number of anilines is 8. The molecule has 4 heteroatoms. The summed E-state index contributed by atoms with van der Waals surface area (Å²) in [6.45, 7) is 16.9. The molecule has 2 atom stereocenters. The molecule has 0 bridgehead atoms. The van der Waals surface area contributed by atoms with E-state index in [1.807, 2.05) is 0 Å². The van der Waals surface area contributed by atoms with Crippen LogP contribution in [0, 0.1) is 13.8 Å². The zero-order chi connectivity index (χ0) is 45.1. The van der Waals surface area contributed by atoms with Gasteiger partial charge < -0.3 is 14.7 Å². The van der Waals surface area contributed by atoms with Gasteiger partial charge in [0.25, 0.3) is 6.71 Å². The lowest BCUT2D eigenvalue weighted by molar-refractivity contribution is 0.195. The SMILES string of the molecule is Cc1cccc(N(c2cccc(C)c2)c2cc3c4c(c2)N2c5c(cc(C(C)(C)C)cc5C5(C)CCCCC25C)B4c2cc(-c4ccccc4)ccc2N3c2ccc(-c3ccccc3)cc2)c1. The van der Waals surface area contributed by atoms with Gasteiger partial charge in [-0.15, -0.1) is 0 Å². The van der Waals surface area contributed by atoms with Gasteiger partial charge in [0.15, 0.2) is 0 Å². The first-order valence-electron chi connectivity index (χ1n) is 24.2. The molecule has 0 aromatic heterocycles. The van der Waals surface area contributed by atoms with Crippen molar-refractivity contribution in [2.75, 3.05) is 14.7 Å². The zero-order valence-electron chi connectivity index (χ0n) is 39.5. The second-order valence-corrected chi connectivity index (χ2v) is 21.1. The first-order valence-corrected chi connectivity index (χ1v) is 24.2. The van der Waals surface area contributed by atoms with Crippen molar-refractivity contribution in [1.82, 2.24) is 0 Å². The highest BCUT2D eigenvalue weighted by Crippen LogP contribution is 2.62. The quantitative estimate of drug-likeness (QED) is 0.154. The molecule has 3 aliphatic heterocycles. The maximum absolute atomic E-state index is 2.88. The van der Waals surface area contributed by atoms with Crippen LogP contribution in [0.15, 0.2) is 176 Å². The van der Waals surface area contributed by atoms with Crippen LogP contribution in [0.1, 0.15) is 82.6 Å². The van der Waals surface area contributed by atoms with Crippen molar-refractivity contribution >= 4 is 68.6 Å². The molecule has 0 amide bonds. The predicted molar refractivity (Wildman–Crippen MR) is 282 cm³/mol. The molecule has 0 saturated heterocycles. The lowest BCUT2D eigenvalue weighted by Crippen LogP contribution is -2.64. The molecule has 3 nitrogen and oxygen atoms in total. The second-order valence-electron chi connectivity index (χ2n) is 21.1. The topological polar surface area (TPSA) is 9.72 Å². The molecule has 1 aliphatic carbocycles. The van der Waals surface area contributed by atoms with Crippen molar-refractivity contribution in [3.8, 4) is 22.3 Å². The van der Waals surface area contributed by atoms with Crippen molar-refractivity contribution in [3.05, 3.63) is 198 Å². The van der Waals surface area contributed by atoms with Crippen LogP contribution in [0.2, 0.25) is 0 Å². The first-order chi connectivity index (χ1) is 31.9. The predicted octanol–water partition coefficient (Wildman–Crippen LogP) is 14.8. The highest BCUT2D eigenvalue weighted by Gasteiger charge is 2.61. The van der Waals surface area contributed by atoms with Gasteiger partial charge in [0.1, 0.15) is 0 Å². The number of benzene rings is 8. The fraction of sp³-hybridized carbons (Fsp3) is 0.226. The van der Waals surface area contributed by atoms with E-state index in [1.54, 1.807) is 5.56 Å². The van der Waals surface area contributed by atoms with E-state index in [4.69, 9.17) is 0 Å². The van der Waals surface area contributed by atoms with Gasteiger partial charge in [0, 0.05) is 45.2 Å². The molecule has 8 aromatic carbocycles. The highest BCUT2D eigenvalue weighted by atomic mass is 15.3. The minimum atomic E-state index is -0.123. The van der Waals surface area contributed by atoms with E-state index in [0.29, 0.717) is 0 Å². The number of rotatable bonds is 6. The Labute approximate surface area is 392 Å². The van der Waals surface area contributed by atoms with Crippen molar-refractivity contribution < 1.29 is 0 Å². The lowest BCUT2D eigenvalue weighted by Gasteiger charge is -2.53. The molecule has 324 valence electrons. The molecule has 3 heterocycles. The summed E-state index contributed by atoms with van der Waals surface area (Å²) in [6, 6.07) is 66.8. The minimum Gasteiger partial charge on any atom is -0.335 e. The Bertz CT molecular complexity index is 3160. The number of hydrogen-bond acceptors (Lipinski definition) is 3. The van der Waals surface area contributed by atoms with E-state index in [1.165, 1.54) is 103 Å². The van der Waals surface area contributed by atoms with Crippen LogP contribution in [0.5, 0.6) is 0 Å². The normalized spacial score (nSPS) is 18.9. The van der Waals surface area contributed by atoms with Crippen molar-refractivity contribution in [3.63, 3.8) is 0 Å². The van der Waals surface area contributed by atoms with E-state index in [2.05, 4.69) is 239 Å². The van der Waals surface area contributed by atoms with Gasteiger partial charge in [-0.3, -0.25) is 0 Å². The summed E-state index contributed by atoms with van der Waals surface area (Å²) in [6.07, 6.45) is 4.80. The Morgan fingerprint density at radius 3 is 1.74 bits per heavy atom. The molecular weight excluding hydrogens is 798 g/mol. The van der Waals surface area contributed by atoms with Crippen molar-refractivity contribution in [1.29, 1.82) is 0 Å². The number of fused-ring (bicyclic) bond motifs is 7. The summed E-state index contributed by atoms with van der Waals surface area (Å²) in [7, 11) is 0. The molecule has 66 heavy (non-hydrogen) atoms. The second kappa shape index (κ2) is 14.9. The van der Waals surface area contributed by atoms with Crippen LogP contribution >= 0.6 is 0 Å². The molecule has 0 spiro atoms. The third-order valence-corrected chi connectivity index (χ3v) is 16.0. The van der Waals surface area contributed by atoms with Crippen LogP contribution in [-0.2, 0) is 10.8 Å². The summed E-state index contributed by atoms with van der Waals surface area (Å²) in [5, 5.41) is 0. The largest absolute Gasteiger partial charge is 0.335 e. The molecule has 0 radical (unpaired) electrons. The smallest absolute Gasteiger partial charge is 0.252 e. The summed E-state index contributed by atoms with van der Waals surface area (Å²) in [5.41, 5.74) is 24.3. The third kappa shape index (κ3) is 6.10. The molecule has 8 aromatic rings. The lowest BCUT2D eigenvalue weighted by atomic mass is 9.33. The van der Waals surface area contributed by atoms with Crippen molar-refractivity contribution in [2.45, 2.75) is 90.5 Å². The fourth-order valence-corrected chi connectivity index (χ4v) is 12.4. The van der Waals surface area contributed by atoms with E-state index in [0.717, 1.165) is 23.5 Å². The third-order valence-electron chi connectivity index (χ3n) is 16.0. The fourth-order valence-electron chi connectivity index (χ4n) is 12.4. The zero-order valence-corrected chi connectivity index (χ0v) is 39.5. The Balaban J connectivity index is 1.21. The number of aryl methyl sites for hydroxylation is 2. The molecule has 12 rings (SSSR count). The van der Waals surface area contributed by atoms with Crippen LogP contribution in [0.3, 0.4) is 0 Å². The van der Waals surface area contributed by atoms with Crippen LogP contribution in [0.4, 0.5) is 45.5 Å². The van der Waals surface area contributed by atoms with Gasteiger partial charge in [-0.2, -0.15) is 0 Å². The highest BCUT2D eigenvalue weighted by molar-refractivity contribution is 7.00. The number of hydrogen-bond donors (Lipinski definition) is 0. The van der Waals surface area contributed by atoms with Gasteiger partial charge in [-0.1, -0.05) is 162 Å². The van der Waals surface area contributed by atoms with Crippen LogP contribution in [0.25, 0.3) is 22.3 Å². The summed E-state index contributed by atoms with van der Waals surface area (Å²) >= 11 is 0. The van der Waals surface area contributed by atoms with Gasteiger partial charge in [-0.25, -0.2) is 0 Å². The molecule has 1 fully saturated rings. The molecule has 4 aliphatic rings. The standard InChI is InChI=1S/C62H58BN3/c1-41-18-16-24-49(34-41)64(50-25-17-19-42(2)35-50)51-39-56-58-57(40-51)66-59-52(61(6)32-14-15-33-62(61,66)7)37-47(60(3,4)5)38-54(59)63(58)53-36-46(44-22-12-9-13-23-44)28-31-55(53)65(56)48-29-26-45(27-30-48)43-20-10-8-11-21-43/h8-13,16-31,34-40H,14-15,32-33H2,1-7H3. The Morgan fingerprint density at radius 2 is 1.11 bits per heavy atom. The van der Waals surface area contributed by atoms with Gasteiger partial charge in [0.05, 0.1) is 11.2 Å².